The van der Waals surface area contributed by atoms with Gasteiger partial charge >= 0.3 is 12.0 Å². The molecule has 2 amide bonds. The number of carboxylic acids is 1. The number of hydrogen-bond acceptors (Lipinski definition) is 3. The molecule has 0 aliphatic heterocycles. The van der Waals surface area contributed by atoms with Gasteiger partial charge in [0.1, 0.15) is 5.76 Å². The fourth-order valence-corrected chi connectivity index (χ4v) is 2.42. The van der Waals surface area contributed by atoms with Crippen LogP contribution in [-0.2, 0) is 6.54 Å². The molecule has 110 valence electrons. The second-order valence-corrected chi connectivity index (χ2v) is 5.09. The molecule has 2 rings (SSSR count). The third-order valence-corrected chi connectivity index (χ3v) is 3.49. The SMILES string of the molecule is O=C(NCc1ccc(C(=O)O)o1)NC1CCCCCC1. The predicted octanol–water partition coefficient (Wildman–Crippen LogP) is 2.50. The third-order valence-electron chi connectivity index (χ3n) is 3.49. The number of carboxylic acid groups (broad SMARTS) is 1. The number of furan rings is 1. The van der Waals surface area contributed by atoms with E-state index in [1.54, 1.807) is 6.07 Å². The molecule has 6 heteroatoms. The summed E-state index contributed by atoms with van der Waals surface area (Å²) in [5.74, 6) is -0.802. The monoisotopic (exact) mass is 280 g/mol. The highest BCUT2D eigenvalue weighted by Crippen LogP contribution is 2.17. The van der Waals surface area contributed by atoms with Gasteiger partial charge in [0.15, 0.2) is 0 Å². The molecule has 6 nitrogen and oxygen atoms in total. The maximum atomic E-state index is 11.8. The maximum absolute atomic E-state index is 11.8. The summed E-state index contributed by atoms with van der Waals surface area (Å²) in [5, 5.41) is 14.4. The molecule has 0 atom stereocenters. The van der Waals surface area contributed by atoms with Gasteiger partial charge in [0.25, 0.3) is 0 Å². The molecule has 3 N–H and O–H groups in total. The average molecular weight is 280 g/mol. The number of hydrogen-bond donors (Lipinski definition) is 3. The minimum absolute atomic E-state index is 0.119. The van der Waals surface area contributed by atoms with Gasteiger partial charge in [-0.3, -0.25) is 0 Å². The summed E-state index contributed by atoms with van der Waals surface area (Å²) in [6.07, 6.45) is 6.85. The predicted molar refractivity (Wildman–Crippen MR) is 72.5 cm³/mol. The molecule has 0 radical (unpaired) electrons. The number of aromatic carboxylic acids is 1. The van der Waals surface area contributed by atoms with Crippen molar-refractivity contribution in [2.75, 3.05) is 0 Å². The highest BCUT2D eigenvalue weighted by atomic mass is 16.4. The zero-order chi connectivity index (χ0) is 14.4. The van der Waals surface area contributed by atoms with Gasteiger partial charge in [-0.15, -0.1) is 0 Å². The van der Waals surface area contributed by atoms with E-state index in [4.69, 9.17) is 9.52 Å². The van der Waals surface area contributed by atoms with Crippen LogP contribution in [0.3, 0.4) is 0 Å². The number of nitrogens with one attached hydrogen (secondary N) is 2. The summed E-state index contributed by atoms with van der Waals surface area (Å²) in [4.78, 5) is 22.4. The molecular weight excluding hydrogens is 260 g/mol. The van der Waals surface area contributed by atoms with Gasteiger partial charge in [-0.1, -0.05) is 25.7 Å². The second kappa shape index (κ2) is 6.98. The number of amides is 2. The van der Waals surface area contributed by atoms with Crippen LogP contribution < -0.4 is 10.6 Å². The summed E-state index contributed by atoms with van der Waals surface area (Å²) in [6.45, 7) is 0.186. The second-order valence-electron chi connectivity index (χ2n) is 5.09. The van der Waals surface area contributed by atoms with E-state index < -0.39 is 5.97 Å². The van der Waals surface area contributed by atoms with Crippen molar-refractivity contribution < 1.29 is 19.1 Å². The molecule has 1 aromatic heterocycles. The van der Waals surface area contributed by atoms with E-state index in [-0.39, 0.29) is 24.4 Å². The third kappa shape index (κ3) is 4.29. The molecule has 1 heterocycles. The van der Waals surface area contributed by atoms with Crippen LogP contribution in [0.25, 0.3) is 0 Å². The van der Waals surface area contributed by atoms with Gasteiger partial charge in [-0.2, -0.15) is 0 Å². The van der Waals surface area contributed by atoms with Crippen LogP contribution >= 0.6 is 0 Å². The van der Waals surface area contributed by atoms with Gasteiger partial charge in [0, 0.05) is 6.04 Å². The zero-order valence-corrected chi connectivity index (χ0v) is 11.4. The number of carbonyl (C=O) groups is 2. The first kappa shape index (κ1) is 14.4. The van der Waals surface area contributed by atoms with Crippen molar-refractivity contribution in [1.82, 2.24) is 10.6 Å². The summed E-state index contributed by atoms with van der Waals surface area (Å²) in [7, 11) is 0. The van der Waals surface area contributed by atoms with Crippen LogP contribution in [0, 0.1) is 0 Å². The van der Waals surface area contributed by atoms with E-state index in [1.807, 2.05) is 0 Å². The Hall–Kier alpha value is -1.98. The highest BCUT2D eigenvalue weighted by Gasteiger charge is 2.15. The van der Waals surface area contributed by atoms with Crippen LogP contribution in [0.5, 0.6) is 0 Å². The van der Waals surface area contributed by atoms with Crippen molar-refractivity contribution in [3.63, 3.8) is 0 Å². The Morgan fingerprint density at radius 1 is 1.20 bits per heavy atom. The molecule has 1 saturated carbocycles. The fraction of sp³-hybridized carbons (Fsp3) is 0.571. The Labute approximate surface area is 117 Å². The Balaban J connectivity index is 1.74. The van der Waals surface area contributed by atoms with Crippen molar-refractivity contribution in [3.05, 3.63) is 23.7 Å². The quantitative estimate of drug-likeness (QED) is 0.739. The first-order valence-corrected chi connectivity index (χ1v) is 7.01. The summed E-state index contributed by atoms with van der Waals surface area (Å²) >= 11 is 0. The molecule has 0 saturated heterocycles. The lowest BCUT2D eigenvalue weighted by Crippen LogP contribution is -2.41. The van der Waals surface area contributed by atoms with Gasteiger partial charge < -0.3 is 20.2 Å². The van der Waals surface area contributed by atoms with Crippen molar-refractivity contribution in [1.29, 1.82) is 0 Å². The number of rotatable bonds is 4. The van der Waals surface area contributed by atoms with E-state index in [9.17, 15) is 9.59 Å². The molecular formula is C14H20N2O4. The molecule has 20 heavy (non-hydrogen) atoms. The lowest BCUT2D eigenvalue weighted by Gasteiger charge is -2.16. The van der Waals surface area contributed by atoms with Crippen molar-refractivity contribution >= 4 is 12.0 Å². The molecule has 0 aromatic carbocycles. The van der Waals surface area contributed by atoms with Crippen LogP contribution in [0.4, 0.5) is 4.79 Å². The van der Waals surface area contributed by atoms with E-state index in [1.165, 1.54) is 18.9 Å². The summed E-state index contributed by atoms with van der Waals surface area (Å²) < 4.78 is 5.06. The average Bonchev–Trinajstić information content (AvgIpc) is 2.75. The van der Waals surface area contributed by atoms with E-state index >= 15 is 0 Å². The van der Waals surface area contributed by atoms with Crippen molar-refractivity contribution in [3.8, 4) is 0 Å². The first-order valence-electron chi connectivity index (χ1n) is 7.01. The molecule has 0 bridgehead atoms. The lowest BCUT2D eigenvalue weighted by molar-refractivity contribution is 0.0660. The summed E-state index contributed by atoms with van der Waals surface area (Å²) in [5.41, 5.74) is 0. The zero-order valence-electron chi connectivity index (χ0n) is 11.4. The van der Waals surface area contributed by atoms with E-state index in [0.717, 1.165) is 25.7 Å². The van der Waals surface area contributed by atoms with E-state index in [2.05, 4.69) is 10.6 Å². The highest BCUT2D eigenvalue weighted by molar-refractivity contribution is 5.84. The smallest absolute Gasteiger partial charge is 0.371 e. The van der Waals surface area contributed by atoms with Crippen LogP contribution in [-0.4, -0.2) is 23.1 Å². The molecule has 1 aliphatic rings. The maximum Gasteiger partial charge on any atom is 0.371 e. The Bertz CT molecular complexity index is 461. The van der Waals surface area contributed by atoms with Gasteiger partial charge in [0.05, 0.1) is 6.54 Å². The van der Waals surface area contributed by atoms with Gasteiger partial charge in [-0.25, -0.2) is 9.59 Å². The van der Waals surface area contributed by atoms with Gasteiger partial charge in [-0.05, 0) is 25.0 Å². The van der Waals surface area contributed by atoms with Crippen LogP contribution in [0.2, 0.25) is 0 Å². The number of carbonyl (C=O) groups excluding carboxylic acids is 1. The minimum Gasteiger partial charge on any atom is -0.475 e. The normalized spacial score (nSPS) is 16.4. The van der Waals surface area contributed by atoms with Crippen LogP contribution in [0.1, 0.15) is 54.8 Å². The Kier molecular flexibility index (Phi) is 5.03. The topological polar surface area (TPSA) is 91.6 Å². The van der Waals surface area contributed by atoms with Crippen molar-refractivity contribution in [2.24, 2.45) is 0 Å². The largest absolute Gasteiger partial charge is 0.475 e. The van der Waals surface area contributed by atoms with Crippen LogP contribution in [0.15, 0.2) is 16.5 Å². The molecule has 1 aromatic rings. The minimum atomic E-state index is -1.11. The Morgan fingerprint density at radius 3 is 2.50 bits per heavy atom. The molecule has 0 spiro atoms. The summed E-state index contributed by atoms with van der Waals surface area (Å²) in [6, 6.07) is 2.94. The molecule has 1 aliphatic carbocycles. The first-order chi connectivity index (χ1) is 9.65. The molecule has 0 unspecified atom stereocenters. The standard InChI is InChI=1S/C14H20N2O4/c17-13(18)12-8-7-11(20-12)9-15-14(19)16-10-5-3-1-2-4-6-10/h7-8,10H,1-6,9H2,(H,17,18)(H2,15,16,19). The number of urea groups is 1. The van der Waals surface area contributed by atoms with E-state index in [0.29, 0.717) is 5.76 Å². The lowest BCUT2D eigenvalue weighted by atomic mass is 10.1. The molecule has 1 fully saturated rings. The van der Waals surface area contributed by atoms with Gasteiger partial charge in [0.2, 0.25) is 5.76 Å². The Morgan fingerprint density at radius 2 is 1.90 bits per heavy atom. The fourth-order valence-electron chi connectivity index (χ4n) is 2.42. The van der Waals surface area contributed by atoms with Crippen molar-refractivity contribution in [2.45, 2.75) is 51.1 Å².